The highest BCUT2D eigenvalue weighted by atomic mass is 16.2. The Labute approximate surface area is 86.4 Å². The fraction of sp³-hybridized carbons (Fsp3) is 0.909. The molecule has 0 saturated heterocycles. The first kappa shape index (κ1) is 11.3. The highest BCUT2D eigenvalue weighted by molar-refractivity contribution is 5.71. The van der Waals surface area contributed by atoms with Crippen LogP contribution in [0.5, 0.6) is 0 Å². The summed E-state index contributed by atoms with van der Waals surface area (Å²) in [7, 11) is 0. The second kappa shape index (κ2) is 4.67. The van der Waals surface area contributed by atoms with Gasteiger partial charge in [-0.15, -0.1) is 0 Å². The Morgan fingerprint density at radius 1 is 1.36 bits per heavy atom. The topological polar surface area (TPSA) is 55.1 Å². The lowest BCUT2D eigenvalue weighted by atomic mass is 9.69. The van der Waals surface area contributed by atoms with E-state index in [1.165, 1.54) is 25.7 Å². The number of carbonyl (C=O) groups excluding carboxylic acids is 1. The number of carbonyl (C=O) groups is 1. The molecule has 0 atom stereocenters. The lowest BCUT2D eigenvalue weighted by Gasteiger charge is -2.39. The van der Waals surface area contributed by atoms with Crippen molar-refractivity contribution in [3.63, 3.8) is 0 Å². The zero-order chi connectivity index (χ0) is 10.6. The summed E-state index contributed by atoms with van der Waals surface area (Å²) in [5, 5.41) is 2.81. The van der Waals surface area contributed by atoms with E-state index >= 15 is 0 Å². The van der Waals surface area contributed by atoms with Crippen LogP contribution < -0.4 is 11.1 Å². The van der Waals surface area contributed by atoms with Crippen molar-refractivity contribution >= 4 is 6.03 Å². The highest BCUT2D eigenvalue weighted by Crippen LogP contribution is 2.41. The number of nitrogens with one attached hydrogen (secondary N) is 1. The van der Waals surface area contributed by atoms with E-state index in [0.29, 0.717) is 11.5 Å². The van der Waals surface area contributed by atoms with Crippen molar-refractivity contribution in [1.82, 2.24) is 5.32 Å². The summed E-state index contributed by atoms with van der Waals surface area (Å²) in [6.07, 6.45) is 7.14. The van der Waals surface area contributed by atoms with Gasteiger partial charge in [0, 0.05) is 6.04 Å². The Morgan fingerprint density at radius 2 is 1.86 bits per heavy atom. The van der Waals surface area contributed by atoms with E-state index < -0.39 is 0 Å². The molecular formula is C11H22N2O. The molecule has 1 aliphatic carbocycles. The minimum atomic E-state index is -0.379. The van der Waals surface area contributed by atoms with Crippen molar-refractivity contribution in [2.45, 2.75) is 58.4 Å². The predicted molar refractivity (Wildman–Crippen MR) is 58.0 cm³/mol. The molecular weight excluding hydrogens is 176 g/mol. The van der Waals surface area contributed by atoms with Crippen LogP contribution in [0.25, 0.3) is 0 Å². The Morgan fingerprint density at radius 3 is 2.21 bits per heavy atom. The molecule has 1 fully saturated rings. The van der Waals surface area contributed by atoms with Crippen molar-refractivity contribution in [2.75, 3.05) is 0 Å². The second-order valence-corrected chi connectivity index (χ2v) is 4.49. The van der Waals surface area contributed by atoms with Crippen LogP contribution in [0.15, 0.2) is 0 Å². The maximum atomic E-state index is 10.7. The van der Waals surface area contributed by atoms with Crippen LogP contribution in [0.4, 0.5) is 4.79 Å². The normalized spacial score (nSPS) is 21.9. The maximum Gasteiger partial charge on any atom is 0.312 e. The van der Waals surface area contributed by atoms with Crippen molar-refractivity contribution in [3.05, 3.63) is 0 Å². The van der Waals surface area contributed by atoms with Crippen LogP contribution in [-0.4, -0.2) is 12.1 Å². The van der Waals surface area contributed by atoms with Gasteiger partial charge in [-0.05, 0) is 31.1 Å². The first-order valence-electron chi connectivity index (χ1n) is 5.68. The third kappa shape index (κ3) is 2.63. The van der Waals surface area contributed by atoms with Gasteiger partial charge >= 0.3 is 6.03 Å². The van der Waals surface area contributed by atoms with Crippen LogP contribution in [0.3, 0.4) is 0 Å². The van der Waals surface area contributed by atoms with E-state index in [0.717, 1.165) is 12.8 Å². The maximum absolute atomic E-state index is 10.7. The fourth-order valence-electron chi connectivity index (χ4n) is 2.53. The summed E-state index contributed by atoms with van der Waals surface area (Å²) < 4.78 is 0. The van der Waals surface area contributed by atoms with Crippen LogP contribution >= 0.6 is 0 Å². The van der Waals surface area contributed by atoms with Gasteiger partial charge in [-0.25, -0.2) is 4.79 Å². The Balaban J connectivity index is 2.40. The number of primary amides is 1. The van der Waals surface area contributed by atoms with Gasteiger partial charge < -0.3 is 11.1 Å². The van der Waals surface area contributed by atoms with E-state index in [4.69, 9.17) is 5.73 Å². The molecule has 3 heteroatoms. The molecule has 14 heavy (non-hydrogen) atoms. The molecule has 0 spiro atoms. The number of urea groups is 1. The van der Waals surface area contributed by atoms with E-state index in [1.807, 2.05) is 0 Å². The smallest absolute Gasteiger partial charge is 0.312 e. The SMILES string of the molecule is CCC1(CC)CCC(NC(N)=O)CC1. The van der Waals surface area contributed by atoms with E-state index in [9.17, 15) is 4.79 Å². The van der Waals surface area contributed by atoms with Gasteiger partial charge in [0.1, 0.15) is 0 Å². The van der Waals surface area contributed by atoms with Crippen LogP contribution in [0, 0.1) is 5.41 Å². The molecule has 82 valence electrons. The number of hydrogen-bond acceptors (Lipinski definition) is 1. The van der Waals surface area contributed by atoms with Gasteiger partial charge in [0.05, 0.1) is 0 Å². The zero-order valence-corrected chi connectivity index (χ0v) is 9.31. The number of hydrogen-bond donors (Lipinski definition) is 2. The summed E-state index contributed by atoms with van der Waals surface area (Å²) in [4.78, 5) is 10.7. The van der Waals surface area contributed by atoms with Crippen molar-refractivity contribution in [3.8, 4) is 0 Å². The molecule has 2 amide bonds. The molecule has 0 heterocycles. The fourth-order valence-corrected chi connectivity index (χ4v) is 2.53. The average Bonchev–Trinajstić information content (AvgIpc) is 2.19. The Bertz CT molecular complexity index is 189. The third-order valence-electron chi connectivity index (χ3n) is 3.89. The number of amides is 2. The minimum Gasteiger partial charge on any atom is -0.352 e. The molecule has 0 aromatic heterocycles. The van der Waals surface area contributed by atoms with Gasteiger partial charge in [-0.3, -0.25) is 0 Å². The summed E-state index contributed by atoms with van der Waals surface area (Å²) in [5.41, 5.74) is 5.64. The molecule has 0 aromatic rings. The molecule has 0 bridgehead atoms. The van der Waals surface area contributed by atoms with Crippen molar-refractivity contribution < 1.29 is 4.79 Å². The van der Waals surface area contributed by atoms with Crippen molar-refractivity contribution in [1.29, 1.82) is 0 Å². The molecule has 0 aliphatic heterocycles. The quantitative estimate of drug-likeness (QED) is 0.719. The lowest BCUT2D eigenvalue weighted by molar-refractivity contribution is 0.150. The largest absolute Gasteiger partial charge is 0.352 e. The van der Waals surface area contributed by atoms with E-state index in [-0.39, 0.29) is 6.03 Å². The minimum absolute atomic E-state index is 0.318. The monoisotopic (exact) mass is 198 g/mol. The summed E-state index contributed by atoms with van der Waals surface area (Å²) in [5.74, 6) is 0. The van der Waals surface area contributed by atoms with Crippen molar-refractivity contribution in [2.24, 2.45) is 11.1 Å². The van der Waals surface area contributed by atoms with E-state index in [1.54, 1.807) is 0 Å². The van der Waals surface area contributed by atoms with Gasteiger partial charge in [-0.1, -0.05) is 26.7 Å². The van der Waals surface area contributed by atoms with Crippen LogP contribution in [0.2, 0.25) is 0 Å². The number of nitrogens with two attached hydrogens (primary N) is 1. The van der Waals surface area contributed by atoms with Gasteiger partial charge in [-0.2, -0.15) is 0 Å². The predicted octanol–water partition coefficient (Wildman–Crippen LogP) is 2.40. The molecule has 1 aliphatic rings. The third-order valence-corrected chi connectivity index (χ3v) is 3.89. The molecule has 3 nitrogen and oxygen atoms in total. The Hall–Kier alpha value is -0.730. The standard InChI is InChI=1S/C11H22N2O/c1-3-11(4-2)7-5-9(6-8-11)13-10(12)14/h9H,3-8H2,1-2H3,(H3,12,13,14). The van der Waals surface area contributed by atoms with Crippen LogP contribution in [-0.2, 0) is 0 Å². The van der Waals surface area contributed by atoms with Gasteiger partial charge in [0.15, 0.2) is 0 Å². The highest BCUT2D eigenvalue weighted by Gasteiger charge is 2.32. The van der Waals surface area contributed by atoms with Crippen LogP contribution in [0.1, 0.15) is 52.4 Å². The molecule has 1 rings (SSSR count). The summed E-state index contributed by atoms with van der Waals surface area (Å²) in [6.45, 7) is 4.54. The number of rotatable bonds is 3. The molecule has 0 radical (unpaired) electrons. The average molecular weight is 198 g/mol. The molecule has 3 N–H and O–H groups in total. The van der Waals surface area contributed by atoms with E-state index in [2.05, 4.69) is 19.2 Å². The summed E-state index contributed by atoms with van der Waals surface area (Å²) in [6, 6.07) is -0.0609. The lowest BCUT2D eigenvalue weighted by Crippen LogP contribution is -2.42. The second-order valence-electron chi connectivity index (χ2n) is 4.49. The van der Waals surface area contributed by atoms with Gasteiger partial charge in [0.25, 0.3) is 0 Å². The molecule has 0 aromatic carbocycles. The van der Waals surface area contributed by atoms with Gasteiger partial charge in [0.2, 0.25) is 0 Å². The molecule has 0 unspecified atom stereocenters. The molecule has 1 saturated carbocycles. The Kier molecular flexibility index (Phi) is 3.78. The summed E-state index contributed by atoms with van der Waals surface area (Å²) >= 11 is 0. The first-order valence-corrected chi connectivity index (χ1v) is 5.68. The first-order chi connectivity index (χ1) is 6.62. The zero-order valence-electron chi connectivity index (χ0n) is 9.31.